The molecule has 1 heterocycles. The number of hydrogen-bond acceptors (Lipinski definition) is 13. The van der Waals surface area contributed by atoms with Crippen molar-refractivity contribution in [2.75, 3.05) is 23.4 Å². The Hall–Kier alpha value is -6.52. The quantitative estimate of drug-likeness (QED) is 0.0182. The lowest BCUT2D eigenvalue weighted by Gasteiger charge is -2.20. The van der Waals surface area contributed by atoms with Gasteiger partial charge in [0.2, 0.25) is 5.75 Å². The summed E-state index contributed by atoms with van der Waals surface area (Å²) in [5, 5.41) is 34.5. The number of amides is 2. The lowest BCUT2D eigenvalue weighted by Crippen LogP contribution is -2.34. The number of esters is 1. The maximum Gasteiger partial charge on any atom is 0.326 e. The minimum absolute atomic E-state index is 0.0828. The fourth-order valence-electron chi connectivity index (χ4n) is 7.14. The molecule has 6 aromatic rings. The van der Waals surface area contributed by atoms with E-state index in [0.29, 0.717) is 38.8 Å². The zero-order valence-electron chi connectivity index (χ0n) is 36.3. The molecular weight excluding hydrogens is 867 g/mol. The SMILES string of the molecule is CCCCCCCCCCCCCCOc1ccccc1NC(=O)c1cc(Oc2ccc(COC(=O)CN(C(=O)Sc3nncs3)c3ccccc3)cc2[N+](=O)[O-])c2ccccc2c1O. The average Bonchev–Trinajstić information content (AvgIpc) is 3.84. The van der Waals surface area contributed by atoms with Gasteiger partial charge >= 0.3 is 11.7 Å². The van der Waals surface area contributed by atoms with Crippen LogP contribution in [0.1, 0.15) is 99.9 Å². The summed E-state index contributed by atoms with van der Waals surface area (Å²) in [6.45, 7) is 1.96. The molecule has 0 spiro atoms. The van der Waals surface area contributed by atoms with E-state index in [0.717, 1.165) is 31.0 Å². The smallest absolute Gasteiger partial charge is 0.326 e. The lowest BCUT2D eigenvalue weighted by atomic mass is 10.0. The van der Waals surface area contributed by atoms with Crippen LogP contribution >= 0.6 is 23.1 Å². The average molecular weight is 920 g/mol. The zero-order valence-corrected chi connectivity index (χ0v) is 38.0. The third-order valence-corrected chi connectivity index (χ3v) is 12.2. The number of aromatic nitrogens is 2. The van der Waals surface area contributed by atoms with Crippen LogP contribution in [0.2, 0.25) is 0 Å². The second-order valence-electron chi connectivity index (χ2n) is 15.3. The number of unbranched alkanes of at least 4 members (excludes halogenated alkanes) is 11. The normalized spacial score (nSPS) is 11.0. The van der Waals surface area contributed by atoms with E-state index in [1.54, 1.807) is 72.8 Å². The number of benzene rings is 5. The van der Waals surface area contributed by atoms with E-state index in [4.69, 9.17) is 14.2 Å². The van der Waals surface area contributed by atoms with Crippen LogP contribution in [0.3, 0.4) is 0 Å². The number of carbonyl (C=O) groups is 3. The molecule has 16 heteroatoms. The summed E-state index contributed by atoms with van der Waals surface area (Å²) in [6.07, 6.45) is 14.8. The van der Waals surface area contributed by atoms with Crippen LogP contribution in [0.15, 0.2) is 113 Å². The second kappa shape index (κ2) is 25.1. The van der Waals surface area contributed by atoms with Gasteiger partial charge in [0.25, 0.3) is 11.1 Å². The maximum atomic E-state index is 13.9. The fraction of sp³-hybridized carbons (Fsp3) is 0.327. The Labute approximate surface area is 386 Å². The summed E-state index contributed by atoms with van der Waals surface area (Å²) in [7, 11) is 0. The van der Waals surface area contributed by atoms with Crippen LogP contribution in [0, 0.1) is 10.1 Å². The Kier molecular flexibility index (Phi) is 18.5. The molecule has 2 amide bonds. The van der Waals surface area contributed by atoms with Crippen molar-refractivity contribution in [2.45, 2.75) is 94.9 Å². The second-order valence-corrected chi connectivity index (χ2v) is 17.4. The van der Waals surface area contributed by atoms with Crippen molar-refractivity contribution in [3.05, 3.63) is 130 Å². The Morgan fingerprint density at radius 1 is 0.785 bits per heavy atom. The third-order valence-electron chi connectivity index (χ3n) is 10.5. The molecule has 0 unspecified atom stereocenters. The number of hydrogen-bond donors (Lipinski definition) is 2. The number of nitrogens with one attached hydrogen (secondary N) is 1. The number of fused-ring (bicyclic) bond motifs is 1. The number of aromatic hydroxyl groups is 1. The molecule has 0 radical (unpaired) electrons. The number of nitrogens with zero attached hydrogens (tertiary/aromatic N) is 4. The number of anilines is 2. The minimum Gasteiger partial charge on any atom is -0.506 e. The molecular formula is C49H53N5O9S2. The van der Waals surface area contributed by atoms with Crippen molar-refractivity contribution in [1.29, 1.82) is 0 Å². The number of thioether (sulfide) groups is 1. The van der Waals surface area contributed by atoms with E-state index in [-0.39, 0.29) is 35.0 Å². The topological polar surface area (TPSA) is 183 Å². The predicted octanol–water partition coefficient (Wildman–Crippen LogP) is 12.9. The Morgan fingerprint density at radius 2 is 1.45 bits per heavy atom. The van der Waals surface area contributed by atoms with Crippen LogP contribution in [0.25, 0.3) is 10.8 Å². The summed E-state index contributed by atoms with van der Waals surface area (Å²) < 4.78 is 18.1. The van der Waals surface area contributed by atoms with Crippen molar-refractivity contribution in [2.24, 2.45) is 0 Å². The Bertz CT molecular complexity index is 2510. The molecule has 1 aromatic heterocycles. The molecule has 0 saturated carbocycles. The van der Waals surface area contributed by atoms with Gasteiger partial charge in [-0.3, -0.25) is 29.4 Å². The van der Waals surface area contributed by atoms with Gasteiger partial charge in [0.1, 0.15) is 35.9 Å². The molecule has 6 rings (SSSR count). The summed E-state index contributed by atoms with van der Waals surface area (Å²) in [4.78, 5) is 53.1. The number of ether oxygens (including phenoxy) is 3. The van der Waals surface area contributed by atoms with Gasteiger partial charge in [-0.1, -0.05) is 150 Å². The molecule has 5 aromatic carbocycles. The number of nitro groups is 1. The summed E-state index contributed by atoms with van der Waals surface area (Å²) in [5.41, 5.74) is 2.11. The van der Waals surface area contributed by atoms with Gasteiger partial charge in [-0.05, 0) is 48.4 Å². The fourth-order valence-corrected chi connectivity index (χ4v) is 8.47. The molecule has 0 aliphatic heterocycles. The standard InChI is InChI=1S/C49H53N5O9S2/c1-2-3-4-5-6-7-8-9-10-11-12-20-29-61-42-26-19-18-25-40(42)51-47(57)39-31-44(37-23-16-17-24-38(37)46(39)56)63-43-28-27-35(30-41(43)54(59)60)33-62-45(55)32-53(36-21-14-13-15-22-36)49(58)65-48-52-50-34-64-48/h13-19,21-28,30-31,34,56H,2-12,20,29,32-33H2,1H3,(H,51,57). The monoisotopic (exact) mass is 919 g/mol. The van der Waals surface area contributed by atoms with Crippen LogP contribution in [-0.4, -0.2) is 50.5 Å². The van der Waals surface area contributed by atoms with Gasteiger partial charge in [0.05, 0.1) is 22.8 Å². The first-order valence-corrected chi connectivity index (χ1v) is 23.6. The molecule has 0 aliphatic carbocycles. The largest absolute Gasteiger partial charge is 0.506 e. The third kappa shape index (κ3) is 14.2. The molecule has 65 heavy (non-hydrogen) atoms. The molecule has 0 bridgehead atoms. The number of nitro benzene ring substituents is 1. The molecule has 340 valence electrons. The number of phenols is 1. The molecule has 0 atom stereocenters. The van der Waals surface area contributed by atoms with Gasteiger partial charge in [-0.15, -0.1) is 10.2 Å². The van der Waals surface area contributed by atoms with Crippen LogP contribution < -0.4 is 19.7 Å². The number of carbonyl (C=O) groups excluding carboxylic acids is 3. The van der Waals surface area contributed by atoms with E-state index in [9.17, 15) is 29.6 Å². The minimum atomic E-state index is -0.752. The van der Waals surface area contributed by atoms with Gasteiger partial charge in [0, 0.05) is 34.3 Å². The van der Waals surface area contributed by atoms with Crippen molar-refractivity contribution in [3.63, 3.8) is 0 Å². The van der Waals surface area contributed by atoms with E-state index in [2.05, 4.69) is 22.4 Å². The molecule has 0 aliphatic rings. The van der Waals surface area contributed by atoms with Crippen molar-refractivity contribution in [1.82, 2.24) is 10.2 Å². The predicted molar refractivity (Wildman–Crippen MR) is 254 cm³/mol. The molecule has 0 saturated heterocycles. The Balaban J connectivity index is 1.08. The van der Waals surface area contributed by atoms with Crippen LogP contribution in [0.5, 0.6) is 23.0 Å². The number of rotatable bonds is 25. The van der Waals surface area contributed by atoms with E-state index in [1.165, 1.54) is 104 Å². The van der Waals surface area contributed by atoms with E-state index >= 15 is 0 Å². The number of phenolic OH excluding ortho intramolecular Hbond substituents is 1. The zero-order chi connectivity index (χ0) is 45.8. The first-order chi connectivity index (χ1) is 31.7. The Morgan fingerprint density at radius 3 is 2.14 bits per heavy atom. The molecule has 2 N–H and O–H groups in total. The van der Waals surface area contributed by atoms with E-state index < -0.39 is 34.3 Å². The van der Waals surface area contributed by atoms with E-state index in [1.807, 2.05) is 6.07 Å². The summed E-state index contributed by atoms with van der Waals surface area (Å²) >= 11 is 2.01. The molecule has 0 fully saturated rings. The first-order valence-electron chi connectivity index (χ1n) is 21.9. The van der Waals surface area contributed by atoms with Gasteiger partial charge in [0.15, 0.2) is 4.34 Å². The van der Waals surface area contributed by atoms with Crippen LogP contribution in [-0.2, 0) is 16.1 Å². The highest BCUT2D eigenvalue weighted by Gasteiger charge is 2.25. The highest BCUT2D eigenvalue weighted by molar-refractivity contribution is 8.15. The summed E-state index contributed by atoms with van der Waals surface area (Å²) in [6, 6.07) is 27.8. The maximum absolute atomic E-state index is 13.9. The van der Waals surface area contributed by atoms with Crippen molar-refractivity contribution in [3.8, 4) is 23.0 Å². The highest BCUT2D eigenvalue weighted by atomic mass is 32.2. The summed E-state index contributed by atoms with van der Waals surface area (Å²) in [5.74, 6) is -1.26. The first kappa shape index (κ1) is 47.9. The van der Waals surface area contributed by atoms with Gasteiger partial charge < -0.3 is 24.6 Å². The van der Waals surface area contributed by atoms with Gasteiger partial charge in [-0.2, -0.15) is 0 Å². The van der Waals surface area contributed by atoms with Crippen molar-refractivity contribution < 1.29 is 38.6 Å². The van der Waals surface area contributed by atoms with Gasteiger partial charge in [-0.25, -0.2) is 0 Å². The van der Waals surface area contributed by atoms with Crippen LogP contribution in [0.4, 0.5) is 21.9 Å². The highest BCUT2D eigenvalue weighted by Crippen LogP contribution is 2.41. The van der Waals surface area contributed by atoms with Crippen molar-refractivity contribution >= 4 is 68.0 Å². The number of para-hydroxylation sites is 3. The lowest BCUT2D eigenvalue weighted by molar-refractivity contribution is -0.385. The molecule has 14 nitrogen and oxygen atoms in total.